The van der Waals surface area contributed by atoms with E-state index in [0.29, 0.717) is 24.3 Å². The van der Waals surface area contributed by atoms with E-state index in [2.05, 4.69) is 4.72 Å². The zero-order valence-electron chi connectivity index (χ0n) is 10.2. The Bertz CT molecular complexity index is 479. The second kappa shape index (κ2) is 7.07. The molecule has 18 heavy (non-hydrogen) atoms. The Morgan fingerprint density at radius 2 is 2.11 bits per heavy atom. The molecule has 1 atom stereocenters. The fraction of sp³-hybridized carbons (Fsp3) is 0.500. The number of alkyl halides is 1. The molecule has 0 fully saturated rings. The van der Waals surface area contributed by atoms with Gasteiger partial charge in [0.2, 0.25) is 10.0 Å². The van der Waals surface area contributed by atoms with Crippen molar-refractivity contribution in [3.63, 3.8) is 0 Å². The van der Waals surface area contributed by atoms with Gasteiger partial charge in [-0.25, -0.2) is 17.5 Å². The van der Waals surface area contributed by atoms with Crippen LogP contribution in [-0.2, 0) is 10.0 Å². The number of benzene rings is 1. The van der Waals surface area contributed by atoms with Crippen LogP contribution >= 0.6 is 11.6 Å². The topological polar surface area (TPSA) is 46.2 Å². The molecule has 0 spiro atoms. The Labute approximate surface area is 112 Å². The van der Waals surface area contributed by atoms with Gasteiger partial charge in [0.25, 0.3) is 0 Å². The molecule has 3 nitrogen and oxygen atoms in total. The van der Waals surface area contributed by atoms with Crippen LogP contribution in [0.2, 0.25) is 0 Å². The first-order valence-corrected chi connectivity index (χ1v) is 7.95. The van der Waals surface area contributed by atoms with Crippen molar-refractivity contribution in [2.75, 3.05) is 11.6 Å². The van der Waals surface area contributed by atoms with Gasteiger partial charge in [0, 0.05) is 11.9 Å². The molecule has 1 aromatic carbocycles. The van der Waals surface area contributed by atoms with Gasteiger partial charge in [-0.3, -0.25) is 0 Å². The summed E-state index contributed by atoms with van der Waals surface area (Å²) in [5.74, 6) is 0.120. The SMILES string of the molecule is C[C@@H](NS(=O)(=O)CCCCCl)c1cccc(F)c1. The standard InChI is InChI=1S/C12H17ClFNO2S/c1-10(11-5-4-6-12(14)9-11)15-18(16,17)8-3-2-7-13/h4-6,9-10,15H,2-3,7-8H2,1H3/t10-/m1/s1. The van der Waals surface area contributed by atoms with E-state index in [4.69, 9.17) is 11.6 Å². The fourth-order valence-electron chi connectivity index (χ4n) is 1.56. The molecule has 1 rings (SSSR count). The van der Waals surface area contributed by atoms with E-state index in [-0.39, 0.29) is 11.6 Å². The van der Waals surface area contributed by atoms with Crippen molar-refractivity contribution in [1.82, 2.24) is 4.72 Å². The van der Waals surface area contributed by atoms with Gasteiger partial charge in [0.05, 0.1) is 5.75 Å². The molecule has 0 radical (unpaired) electrons. The highest BCUT2D eigenvalue weighted by atomic mass is 35.5. The second-order valence-corrected chi connectivity index (χ2v) is 6.36. The Morgan fingerprint density at radius 1 is 1.39 bits per heavy atom. The molecule has 0 aliphatic carbocycles. The van der Waals surface area contributed by atoms with Gasteiger partial charge in [-0.1, -0.05) is 12.1 Å². The predicted octanol–water partition coefficient (Wildman–Crippen LogP) is 2.83. The van der Waals surface area contributed by atoms with Crippen LogP contribution in [0.3, 0.4) is 0 Å². The zero-order valence-corrected chi connectivity index (χ0v) is 11.8. The van der Waals surface area contributed by atoms with Crippen LogP contribution < -0.4 is 4.72 Å². The van der Waals surface area contributed by atoms with E-state index >= 15 is 0 Å². The summed E-state index contributed by atoms with van der Waals surface area (Å²) in [5.41, 5.74) is 0.607. The van der Waals surface area contributed by atoms with Gasteiger partial charge in [-0.15, -0.1) is 11.6 Å². The van der Waals surface area contributed by atoms with E-state index in [1.54, 1.807) is 19.1 Å². The second-order valence-electron chi connectivity index (χ2n) is 4.11. The molecule has 0 aliphatic rings. The zero-order chi connectivity index (χ0) is 13.6. The fourth-order valence-corrected chi connectivity index (χ4v) is 3.12. The van der Waals surface area contributed by atoms with Crippen LogP contribution in [0.25, 0.3) is 0 Å². The average Bonchev–Trinajstić information content (AvgIpc) is 2.28. The molecule has 0 unspecified atom stereocenters. The molecule has 0 saturated carbocycles. The lowest BCUT2D eigenvalue weighted by Gasteiger charge is -2.14. The van der Waals surface area contributed by atoms with Crippen LogP contribution in [0.4, 0.5) is 4.39 Å². The molecule has 1 N–H and O–H groups in total. The summed E-state index contributed by atoms with van der Waals surface area (Å²) in [4.78, 5) is 0. The minimum atomic E-state index is -3.35. The monoisotopic (exact) mass is 293 g/mol. The highest BCUT2D eigenvalue weighted by Crippen LogP contribution is 2.14. The highest BCUT2D eigenvalue weighted by Gasteiger charge is 2.15. The first-order chi connectivity index (χ1) is 8.44. The molecule has 1 aromatic rings. The first kappa shape index (κ1) is 15.4. The van der Waals surface area contributed by atoms with Crippen molar-refractivity contribution in [3.05, 3.63) is 35.6 Å². The summed E-state index contributed by atoms with van der Waals surface area (Å²) >= 11 is 5.49. The Kier molecular flexibility index (Phi) is 6.05. The van der Waals surface area contributed by atoms with E-state index in [0.717, 1.165) is 0 Å². The van der Waals surface area contributed by atoms with Crippen molar-refractivity contribution in [1.29, 1.82) is 0 Å². The molecule has 0 aromatic heterocycles. The number of halogens is 2. The molecule has 102 valence electrons. The number of sulfonamides is 1. The third-order valence-corrected chi connectivity index (χ3v) is 4.31. The molecule has 0 aliphatic heterocycles. The minimum Gasteiger partial charge on any atom is -0.212 e. The lowest BCUT2D eigenvalue weighted by molar-refractivity contribution is 0.561. The van der Waals surface area contributed by atoms with Crippen LogP contribution in [0, 0.1) is 5.82 Å². The Hall–Kier alpha value is -0.650. The molecule has 6 heteroatoms. The summed E-state index contributed by atoms with van der Waals surface area (Å²) in [6.07, 6.45) is 1.19. The maximum absolute atomic E-state index is 13.0. The molecule has 0 saturated heterocycles. The van der Waals surface area contributed by atoms with Crippen LogP contribution in [0.1, 0.15) is 31.4 Å². The van der Waals surface area contributed by atoms with Gasteiger partial charge in [-0.05, 0) is 37.5 Å². The van der Waals surface area contributed by atoms with Crippen LogP contribution in [0.5, 0.6) is 0 Å². The van der Waals surface area contributed by atoms with E-state index < -0.39 is 16.1 Å². The summed E-state index contributed by atoms with van der Waals surface area (Å²) in [6, 6.07) is 5.46. The lowest BCUT2D eigenvalue weighted by Crippen LogP contribution is -2.29. The number of rotatable bonds is 7. The molecule has 0 amide bonds. The molecule has 0 heterocycles. The van der Waals surface area contributed by atoms with Gasteiger partial charge in [0.15, 0.2) is 0 Å². The van der Waals surface area contributed by atoms with Gasteiger partial charge < -0.3 is 0 Å². The first-order valence-electron chi connectivity index (χ1n) is 5.76. The number of hydrogen-bond donors (Lipinski definition) is 1. The van der Waals surface area contributed by atoms with Gasteiger partial charge in [-0.2, -0.15) is 0 Å². The van der Waals surface area contributed by atoms with Crippen molar-refractivity contribution < 1.29 is 12.8 Å². The van der Waals surface area contributed by atoms with Crippen molar-refractivity contribution in [2.24, 2.45) is 0 Å². The van der Waals surface area contributed by atoms with Crippen molar-refractivity contribution in [2.45, 2.75) is 25.8 Å². The summed E-state index contributed by atoms with van der Waals surface area (Å²) < 4.78 is 39.0. The Balaban J connectivity index is 2.61. The van der Waals surface area contributed by atoms with E-state index in [1.165, 1.54) is 12.1 Å². The number of hydrogen-bond acceptors (Lipinski definition) is 2. The molecular formula is C12H17ClFNO2S. The number of unbranched alkanes of at least 4 members (excludes halogenated alkanes) is 1. The summed E-state index contributed by atoms with van der Waals surface area (Å²) in [6.45, 7) is 1.69. The van der Waals surface area contributed by atoms with Crippen LogP contribution in [-0.4, -0.2) is 20.1 Å². The van der Waals surface area contributed by atoms with Crippen molar-refractivity contribution >= 4 is 21.6 Å². The van der Waals surface area contributed by atoms with Crippen molar-refractivity contribution in [3.8, 4) is 0 Å². The van der Waals surface area contributed by atoms with Crippen LogP contribution in [0.15, 0.2) is 24.3 Å². The van der Waals surface area contributed by atoms with Gasteiger partial charge >= 0.3 is 0 Å². The highest BCUT2D eigenvalue weighted by molar-refractivity contribution is 7.89. The third kappa shape index (κ3) is 5.33. The van der Waals surface area contributed by atoms with E-state index in [9.17, 15) is 12.8 Å². The lowest BCUT2D eigenvalue weighted by atomic mass is 10.1. The smallest absolute Gasteiger partial charge is 0.212 e. The third-order valence-electron chi connectivity index (χ3n) is 2.50. The maximum atomic E-state index is 13.0. The normalized spacial score (nSPS) is 13.5. The maximum Gasteiger partial charge on any atom is 0.212 e. The van der Waals surface area contributed by atoms with Gasteiger partial charge in [0.1, 0.15) is 5.82 Å². The summed E-state index contributed by atoms with van der Waals surface area (Å²) in [7, 11) is -3.35. The Morgan fingerprint density at radius 3 is 2.72 bits per heavy atom. The van der Waals surface area contributed by atoms with E-state index in [1.807, 2.05) is 0 Å². The quantitative estimate of drug-likeness (QED) is 0.621. The summed E-state index contributed by atoms with van der Waals surface area (Å²) in [5, 5.41) is 0. The molecular weight excluding hydrogens is 277 g/mol. The number of nitrogens with one attached hydrogen (secondary N) is 1. The average molecular weight is 294 g/mol. The largest absolute Gasteiger partial charge is 0.212 e. The molecule has 0 bridgehead atoms. The predicted molar refractivity (Wildman–Crippen MR) is 71.7 cm³/mol. The minimum absolute atomic E-state index is 0.0410.